The Morgan fingerprint density at radius 2 is 2.00 bits per heavy atom. The second-order valence-corrected chi connectivity index (χ2v) is 11.8. The highest BCUT2D eigenvalue weighted by Crippen LogP contribution is 2.36. The van der Waals surface area contributed by atoms with Crippen LogP contribution in [0, 0.1) is 0 Å². The van der Waals surface area contributed by atoms with E-state index in [0.29, 0.717) is 22.0 Å². The largest absolute Gasteiger partial charge is 0.356 e. The first kappa shape index (κ1) is 26.0. The van der Waals surface area contributed by atoms with Crippen LogP contribution in [0.2, 0.25) is 0 Å². The molecule has 0 spiro atoms. The van der Waals surface area contributed by atoms with Gasteiger partial charge >= 0.3 is 0 Å². The van der Waals surface area contributed by atoms with Gasteiger partial charge in [-0.05, 0) is 44.1 Å². The smallest absolute Gasteiger partial charge is 0.252 e. The molecule has 1 aliphatic rings. The lowest BCUT2D eigenvalue weighted by Crippen LogP contribution is -2.44. The minimum atomic E-state index is -3.36. The van der Waals surface area contributed by atoms with Gasteiger partial charge in [-0.3, -0.25) is 4.99 Å². The van der Waals surface area contributed by atoms with Gasteiger partial charge in [0.2, 0.25) is 0 Å². The average molecular weight is 561 g/mol. The number of thiophene rings is 1. The third kappa shape index (κ3) is 7.03. The van der Waals surface area contributed by atoms with Crippen LogP contribution >= 0.6 is 47.1 Å². The third-order valence-electron chi connectivity index (χ3n) is 4.75. The van der Waals surface area contributed by atoms with Crippen LogP contribution in [0.5, 0.6) is 0 Å². The van der Waals surface area contributed by atoms with Crippen LogP contribution in [-0.2, 0) is 16.4 Å². The lowest BCUT2D eigenvalue weighted by molar-refractivity contribution is 0.447. The number of aliphatic imine (C=N–C) groups is 1. The first-order valence-electron chi connectivity index (χ1n) is 9.52. The van der Waals surface area contributed by atoms with E-state index in [1.54, 1.807) is 13.1 Å². The summed E-state index contributed by atoms with van der Waals surface area (Å²) >= 11 is 3.38. The first-order chi connectivity index (χ1) is 12.8. The molecule has 6 nitrogen and oxygen atoms in total. The van der Waals surface area contributed by atoms with Crippen molar-refractivity contribution in [1.29, 1.82) is 0 Å². The predicted molar refractivity (Wildman–Crippen MR) is 133 cm³/mol. The van der Waals surface area contributed by atoms with Crippen molar-refractivity contribution in [1.82, 2.24) is 14.9 Å². The molecule has 1 aromatic rings. The maximum Gasteiger partial charge on any atom is 0.252 e. The minimum Gasteiger partial charge on any atom is -0.356 e. The van der Waals surface area contributed by atoms with Crippen molar-refractivity contribution >= 4 is 63.1 Å². The second-order valence-electron chi connectivity index (χ2n) is 6.81. The van der Waals surface area contributed by atoms with E-state index in [1.807, 2.05) is 31.7 Å². The Hall–Kier alpha value is -0.0400. The molecule has 2 heterocycles. The molecule has 162 valence electrons. The van der Waals surface area contributed by atoms with E-state index in [-0.39, 0.29) is 24.0 Å². The molecule has 2 rings (SSSR count). The highest BCUT2D eigenvalue weighted by molar-refractivity contribution is 14.0. The predicted octanol–water partition coefficient (Wildman–Crippen LogP) is 3.39. The van der Waals surface area contributed by atoms with Crippen molar-refractivity contribution in [2.24, 2.45) is 4.99 Å². The maximum atomic E-state index is 12.6. The van der Waals surface area contributed by atoms with Crippen LogP contribution in [0.15, 0.2) is 21.3 Å². The monoisotopic (exact) mass is 560 g/mol. The van der Waals surface area contributed by atoms with E-state index in [9.17, 15) is 8.42 Å². The molecule has 1 saturated heterocycles. The van der Waals surface area contributed by atoms with Gasteiger partial charge in [0.05, 0.1) is 0 Å². The fraction of sp³-hybridized carbons (Fsp3) is 0.722. The van der Waals surface area contributed by atoms with Gasteiger partial charge in [-0.25, -0.2) is 8.42 Å². The zero-order chi connectivity index (χ0) is 19.9. The van der Waals surface area contributed by atoms with Gasteiger partial charge in [-0.15, -0.1) is 35.3 Å². The fourth-order valence-corrected chi connectivity index (χ4v) is 7.31. The van der Waals surface area contributed by atoms with Gasteiger partial charge in [0.1, 0.15) is 4.21 Å². The zero-order valence-corrected chi connectivity index (χ0v) is 21.9. The molecule has 10 heteroatoms. The Morgan fingerprint density at radius 3 is 2.57 bits per heavy atom. The Kier molecular flexibility index (Phi) is 11.1. The number of hydrogen-bond donors (Lipinski definition) is 2. The van der Waals surface area contributed by atoms with E-state index < -0.39 is 10.0 Å². The third-order valence-corrected chi connectivity index (χ3v) is 9.95. The number of hydrogen-bond acceptors (Lipinski definition) is 5. The van der Waals surface area contributed by atoms with Crippen LogP contribution in [0.25, 0.3) is 0 Å². The van der Waals surface area contributed by atoms with Crippen molar-refractivity contribution in [2.45, 2.75) is 49.0 Å². The highest BCUT2D eigenvalue weighted by Gasteiger charge is 2.29. The number of sulfonamides is 1. The zero-order valence-electron chi connectivity index (χ0n) is 17.2. The van der Waals surface area contributed by atoms with Gasteiger partial charge in [0, 0.05) is 42.9 Å². The summed E-state index contributed by atoms with van der Waals surface area (Å²) in [6.07, 6.45) is 3.29. The van der Waals surface area contributed by atoms with E-state index >= 15 is 0 Å². The quantitative estimate of drug-likeness (QED) is 0.275. The standard InChI is InChI=1S/C18H32N4O2S3.HI/c1-5-22(6-2)27(23,24)16-9-8-15(26-16)10-12-20-17(19-4)21-14-18(3)11-7-13-25-18;/h8-9H,5-7,10-14H2,1-4H3,(H2,19,20,21);1H. The topological polar surface area (TPSA) is 73.8 Å². The van der Waals surface area contributed by atoms with Crippen molar-refractivity contribution in [3.63, 3.8) is 0 Å². The van der Waals surface area contributed by atoms with Crippen LogP contribution < -0.4 is 10.6 Å². The molecule has 2 N–H and O–H groups in total. The van der Waals surface area contributed by atoms with Crippen molar-refractivity contribution < 1.29 is 8.42 Å². The van der Waals surface area contributed by atoms with Gasteiger partial charge in [0.15, 0.2) is 5.96 Å². The van der Waals surface area contributed by atoms with E-state index in [4.69, 9.17) is 0 Å². The maximum absolute atomic E-state index is 12.6. The van der Waals surface area contributed by atoms with Gasteiger partial charge in [0.25, 0.3) is 10.0 Å². The number of guanidine groups is 1. The van der Waals surface area contributed by atoms with E-state index in [1.165, 1.54) is 34.2 Å². The van der Waals surface area contributed by atoms with Gasteiger partial charge in [-0.2, -0.15) is 16.1 Å². The Morgan fingerprint density at radius 1 is 1.29 bits per heavy atom. The number of halogens is 1. The molecule has 0 aromatic carbocycles. The molecule has 0 aliphatic carbocycles. The summed E-state index contributed by atoms with van der Waals surface area (Å²) in [4.78, 5) is 5.34. The summed E-state index contributed by atoms with van der Waals surface area (Å²) < 4.78 is 27.3. The van der Waals surface area contributed by atoms with E-state index in [0.717, 1.165) is 30.3 Å². The number of nitrogens with one attached hydrogen (secondary N) is 2. The van der Waals surface area contributed by atoms with E-state index in [2.05, 4.69) is 22.5 Å². The van der Waals surface area contributed by atoms with Gasteiger partial charge in [-0.1, -0.05) is 13.8 Å². The first-order valence-corrected chi connectivity index (χ1v) is 12.8. The highest BCUT2D eigenvalue weighted by atomic mass is 127. The summed E-state index contributed by atoms with van der Waals surface area (Å²) in [5, 5.41) is 6.75. The summed E-state index contributed by atoms with van der Waals surface area (Å²) in [7, 11) is -1.58. The summed E-state index contributed by atoms with van der Waals surface area (Å²) in [5.74, 6) is 2.04. The van der Waals surface area contributed by atoms with Crippen molar-refractivity contribution in [3.8, 4) is 0 Å². The van der Waals surface area contributed by atoms with Crippen LogP contribution in [0.3, 0.4) is 0 Å². The molecule has 0 saturated carbocycles. The van der Waals surface area contributed by atoms with Gasteiger partial charge < -0.3 is 10.6 Å². The lowest BCUT2D eigenvalue weighted by atomic mass is 10.1. The van der Waals surface area contributed by atoms with Crippen molar-refractivity contribution in [3.05, 3.63) is 17.0 Å². The number of nitrogens with zero attached hydrogens (tertiary/aromatic N) is 2. The molecule has 1 atom stereocenters. The molecular weight excluding hydrogens is 527 g/mol. The molecule has 0 bridgehead atoms. The molecule has 0 amide bonds. The minimum absolute atomic E-state index is 0. The molecule has 28 heavy (non-hydrogen) atoms. The number of thioether (sulfide) groups is 1. The fourth-order valence-electron chi connectivity index (χ4n) is 3.09. The Bertz CT molecular complexity index is 727. The lowest BCUT2D eigenvalue weighted by Gasteiger charge is -2.24. The normalized spacial score (nSPS) is 20.2. The summed E-state index contributed by atoms with van der Waals surface area (Å²) in [6.45, 7) is 8.64. The van der Waals surface area contributed by atoms with Crippen LogP contribution in [-0.4, -0.2) is 62.4 Å². The Balaban J connectivity index is 0.00000392. The molecule has 1 unspecified atom stereocenters. The summed E-state index contributed by atoms with van der Waals surface area (Å²) in [5.41, 5.74) is 0. The molecule has 1 aromatic heterocycles. The molecular formula is C18H33IN4O2S3. The van der Waals surface area contributed by atoms with Crippen LogP contribution in [0.1, 0.15) is 38.5 Å². The SMILES string of the molecule is CCN(CC)S(=O)(=O)c1ccc(CCNC(=NC)NCC2(C)CCCS2)s1.I. The second kappa shape index (κ2) is 12.0. The van der Waals surface area contributed by atoms with Crippen molar-refractivity contribution in [2.75, 3.05) is 39.0 Å². The molecule has 1 aliphatic heterocycles. The number of rotatable bonds is 9. The molecule has 1 fully saturated rings. The van der Waals surface area contributed by atoms with Crippen LogP contribution in [0.4, 0.5) is 0 Å². The Labute approximate surface area is 195 Å². The summed E-state index contributed by atoms with van der Waals surface area (Å²) in [6, 6.07) is 3.63. The average Bonchev–Trinajstić information content (AvgIpc) is 3.29. The molecule has 0 radical (unpaired) electrons.